The van der Waals surface area contributed by atoms with E-state index >= 15 is 0 Å². The predicted molar refractivity (Wildman–Crippen MR) is 136 cm³/mol. The van der Waals surface area contributed by atoms with Gasteiger partial charge in [0.1, 0.15) is 23.1 Å². The van der Waals surface area contributed by atoms with Crippen molar-refractivity contribution in [1.82, 2.24) is 15.2 Å². The minimum absolute atomic E-state index is 0.142. The van der Waals surface area contributed by atoms with E-state index in [1.54, 1.807) is 12.5 Å². The van der Waals surface area contributed by atoms with Gasteiger partial charge < -0.3 is 19.7 Å². The number of carbonyl (C=O) groups is 2. The first-order valence-electron chi connectivity index (χ1n) is 11.8. The lowest BCUT2D eigenvalue weighted by molar-refractivity contribution is -0.132. The number of aromatic nitrogens is 1. The maximum Gasteiger partial charge on any atom is 0.270 e. The van der Waals surface area contributed by atoms with E-state index in [-0.39, 0.29) is 24.5 Å². The van der Waals surface area contributed by atoms with Crippen LogP contribution in [0.4, 0.5) is 0 Å². The van der Waals surface area contributed by atoms with Crippen LogP contribution >= 0.6 is 11.3 Å². The maximum atomic E-state index is 12.8. The van der Waals surface area contributed by atoms with Gasteiger partial charge in [-0.1, -0.05) is 42.8 Å². The summed E-state index contributed by atoms with van der Waals surface area (Å²) in [6.45, 7) is 5.83. The highest BCUT2D eigenvalue weighted by molar-refractivity contribution is 7.09. The molecule has 7 nitrogen and oxygen atoms in total. The first-order chi connectivity index (χ1) is 17.0. The molecule has 4 rings (SSSR count). The van der Waals surface area contributed by atoms with E-state index in [1.165, 1.54) is 16.9 Å². The molecule has 1 aliphatic heterocycles. The van der Waals surface area contributed by atoms with Crippen LogP contribution in [-0.4, -0.2) is 48.5 Å². The Bertz CT molecular complexity index is 1190. The van der Waals surface area contributed by atoms with E-state index in [9.17, 15) is 9.59 Å². The number of carbonyl (C=O) groups excluding carboxylic acids is 2. The third-order valence-electron chi connectivity index (χ3n) is 6.06. The molecule has 1 aromatic heterocycles. The number of hydrogen-bond donors (Lipinski definition) is 1. The van der Waals surface area contributed by atoms with Gasteiger partial charge >= 0.3 is 0 Å². The Morgan fingerprint density at radius 3 is 2.86 bits per heavy atom. The quantitative estimate of drug-likeness (QED) is 0.450. The van der Waals surface area contributed by atoms with Crippen molar-refractivity contribution in [3.05, 3.63) is 80.8 Å². The molecule has 2 aromatic carbocycles. The molecule has 1 N–H and O–H groups in total. The van der Waals surface area contributed by atoms with Gasteiger partial charge in [0.25, 0.3) is 5.91 Å². The van der Waals surface area contributed by atoms with Gasteiger partial charge in [0, 0.05) is 32.0 Å². The average Bonchev–Trinajstić information content (AvgIpc) is 3.35. The van der Waals surface area contributed by atoms with Crippen LogP contribution in [0.5, 0.6) is 5.75 Å². The van der Waals surface area contributed by atoms with Gasteiger partial charge in [0.2, 0.25) is 5.91 Å². The molecule has 1 aliphatic rings. The van der Waals surface area contributed by atoms with Crippen molar-refractivity contribution in [2.45, 2.75) is 39.3 Å². The molecule has 0 fully saturated rings. The molecule has 0 bridgehead atoms. The molecule has 0 aliphatic carbocycles. The highest BCUT2D eigenvalue weighted by atomic mass is 32.1. The normalized spacial score (nSPS) is 14.9. The van der Waals surface area contributed by atoms with Gasteiger partial charge in [0.05, 0.1) is 12.6 Å². The maximum absolute atomic E-state index is 12.8. The summed E-state index contributed by atoms with van der Waals surface area (Å²) in [6.07, 6.45) is 1.29. The van der Waals surface area contributed by atoms with E-state index in [4.69, 9.17) is 9.47 Å². The number of aryl methyl sites for hydroxylation is 1. The summed E-state index contributed by atoms with van der Waals surface area (Å²) in [5.41, 5.74) is 4.97. The Hall–Kier alpha value is -3.23. The van der Waals surface area contributed by atoms with Gasteiger partial charge in [-0.3, -0.25) is 9.59 Å². The van der Waals surface area contributed by atoms with Crippen LogP contribution in [0.3, 0.4) is 0 Å². The number of nitrogens with one attached hydrogen (secondary N) is 1. The minimum Gasteiger partial charge on any atom is -0.486 e. The van der Waals surface area contributed by atoms with Crippen molar-refractivity contribution >= 4 is 23.2 Å². The molecular weight excluding hydrogens is 462 g/mol. The summed E-state index contributed by atoms with van der Waals surface area (Å²) < 4.78 is 11.0. The lowest BCUT2D eigenvalue weighted by Crippen LogP contribution is -2.40. The van der Waals surface area contributed by atoms with Crippen molar-refractivity contribution in [2.24, 2.45) is 0 Å². The number of amides is 2. The SMILES string of the molecule is CCC(=O)N1CCc2ccc(OCc3nc(C(=O)NCCOC)cs3)cc2C1c1cccc(C)c1. The molecule has 2 amide bonds. The van der Waals surface area contributed by atoms with Gasteiger partial charge in [-0.2, -0.15) is 0 Å². The molecule has 0 saturated carbocycles. The molecule has 2 heterocycles. The molecule has 35 heavy (non-hydrogen) atoms. The Balaban J connectivity index is 1.53. The van der Waals surface area contributed by atoms with E-state index in [1.807, 2.05) is 30.0 Å². The van der Waals surface area contributed by atoms with Crippen LogP contribution in [0.15, 0.2) is 47.8 Å². The molecule has 1 atom stereocenters. The number of methoxy groups -OCH3 is 1. The minimum atomic E-state index is -0.222. The molecule has 1 unspecified atom stereocenters. The van der Waals surface area contributed by atoms with Crippen LogP contribution in [0.1, 0.15) is 57.1 Å². The number of hydrogen-bond acceptors (Lipinski definition) is 6. The zero-order chi connectivity index (χ0) is 24.8. The first-order valence-corrected chi connectivity index (χ1v) is 12.7. The molecule has 0 spiro atoms. The summed E-state index contributed by atoms with van der Waals surface area (Å²) >= 11 is 1.39. The van der Waals surface area contributed by atoms with Gasteiger partial charge in [-0.15, -0.1) is 11.3 Å². The smallest absolute Gasteiger partial charge is 0.270 e. The summed E-state index contributed by atoms with van der Waals surface area (Å²) in [6, 6.07) is 14.3. The molecular formula is C27H31N3O4S. The summed E-state index contributed by atoms with van der Waals surface area (Å²) in [5.74, 6) is 0.640. The molecule has 8 heteroatoms. The molecule has 0 radical (unpaired) electrons. The van der Waals surface area contributed by atoms with Crippen molar-refractivity contribution in [2.75, 3.05) is 26.8 Å². The Labute approximate surface area is 210 Å². The van der Waals surface area contributed by atoms with E-state index in [0.717, 1.165) is 28.1 Å². The zero-order valence-electron chi connectivity index (χ0n) is 20.4. The summed E-state index contributed by atoms with van der Waals surface area (Å²) in [5, 5.41) is 5.22. The van der Waals surface area contributed by atoms with Crippen LogP contribution in [0, 0.1) is 6.92 Å². The lowest BCUT2D eigenvalue weighted by Gasteiger charge is -2.38. The zero-order valence-corrected chi connectivity index (χ0v) is 21.2. The standard InChI is InChI=1S/C27H31N3O4S/c1-4-25(31)30-12-10-19-8-9-21(15-22(19)26(30)20-7-5-6-18(2)14-20)34-16-24-29-23(17-35-24)27(32)28-11-13-33-3/h5-9,14-15,17,26H,4,10-13,16H2,1-3H3,(H,28,32). The van der Waals surface area contributed by atoms with Crippen molar-refractivity contribution in [1.29, 1.82) is 0 Å². The monoisotopic (exact) mass is 493 g/mol. The fourth-order valence-corrected chi connectivity index (χ4v) is 5.02. The third kappa shape index (κ3) is 5.89. The largest absolute Gasteiger partial charge is 0.486 e. The van der Waals surface area contributed by atoms with Crippen LogP contribution in [0.2, 0.25) is 0 Å². The second kappa shape index (κ2) is 11.5. The lowest BCUT2D eigenvalue weighted by atomic mass is 9.87. The number of benzene rings is 2. The average molecular weight is 494 g/mol. The summed E-state index contributed by atoms with van der Waals surface area (Å²) in [4.78, 5) is 31.4. The highest BCUT2D eigenvalue weighted by Gasteiger charge is 2.31. The fraction of sp³-hybridized carbons (Fsp3) is 0.370. The number of ether oxygens (including phenoxy) is 2. The molecule has 3 aromatic rings. The Morgan fingerprint density at radius 2 is 2.09 bits per heavy atom. The van der Waals surface area contributed by atoms with E-state index in [0.29, 0.717) is 37.6 Å². The van der Waals surface area contributed by atoms with Gasteiger partial charge in [0.15, 0.2) is 0 Å². The third-order valence-corrected chi connectivity index (χ3v) is 6.89. The van der Waals surface area contributed by atoms with Crippen molar-refractivity contribution in [3.8, 4) is 5.75 Å². The summed E-state index contributed by atoms with van der Waals surface area (Å²) in [7, 11) is 1.59. The number of thiazole rings is 1. The van der Waals surface area contributed by atoms with Crippen molar-refractivity contribution < 1.29 is 19.1 Å². The van der Waals surface area contributed by atoms with Crippen molar-refractivity contribution in [3.63, 3.8) is 0 Å². The molecule has 184 valence electrons. The van der Waals surface area contributed by atoms with Crippen LogP contribution < -0.4 is 10.1 Å². The van der Waals surface area contributed by atoms with Crippen LogP contribution in [0.25, 0.3) is 0 Å². The second-order valence-corrected chi connectivity index (χ2v) is 9.47. The van der Waals surface area contributed by atoms with Gasteiger partial charge in [-0.25, -0.2) is 4.98 Å². The Kier molecular flexibility index (Phi) is 8.15. The first kappa shape index (κ1) is 24.9. The number of rotatable bonds is 9. The number of fused-ring (bicyclic) bond motifs is 1. The van der Waals surface area contributed by atoms with E-state index < -0.39 is 0 Å². The van der Waals surface area contributed by atoms with Gasteiger partial charge in [-0.05, 0) is 42.2 Å². The second-order valence-electron chi connectivity index (χ2n) is 8.53. The highest BCUT2D eigenvalue weighted by Crippen LogP contribution is 2.38. The Morgan fingerprint density at radius 1 is 1.23 bits per heavy atom. The van der Waals surface area contributed by atoms with E-state index in [2.05, 4.69) is 41.5 Å². The predicted octanol–water partition coefficient (Wildman–Crippen LogP) is 4.29. The fourth-order valence-electron chi connectivity index (χ4n) is 4.34. The number of nitrogens with zero attached hydrogens (tertiary/aromatic N) is 2. The molecule has 0 saturated heterocycles. The van der Waals surface area contributed by atoms with Crippen LogP contribution in [-0.2, 0) is 22.6 Å². The topological polar surface area (TPSA) is 80.8 Å².